The fraction of sp³-hybridized carbons (Fsp3) is 0.412. The van der Waals surface area contributed by atoms with Gasteiger partial charge < -0.3 is 5.32 Å². The molecule has 1 aromatic carbocycles. The molecule has 1 unspecified atom stereocenters. The Morgan fingerprint density at radius 2 is 2.05 bits per heavy atom. The summed E-state index contributed by atoms with van der Waals surface area (Å²) in [6.45, 7) is 7.63. The third kappa shape index (κ3) is 4.19. The fourth-order valence-corrected chi connectivity index (χ4v) is 3.11. The molecular weight excluding hydrogens is 250 g/mol. The number of benzene rings is 1. The minimum atomic E-state index is 0.437. The average Bonchev–Trinajstić information content (AvgIpc) is 2.81. The van der Waals surface area contributed by atoms with Gasteiger partial charge in [0.15, 0.2) is 0 Å². The zero-order valence-electron chi connectivity index (χ0n) is 12.1. The zero-order chi connectivity index (χ0) is 13.7. The number of thiophene rings is 1. The molecule has 0 aliphatic rings. The maximum Gasteiger partial charge on any atom is 0.0369 e. The molecule has 102 valence electrons. The van der Waals surface area contributed by atoms with Crippen molar-refractivity contribution in [3.63, 3.8) is 0 Å². The molecule has 0 aliphatic carbocycles. The summed E-state index contributed by atoms with van der Waals surface area (Å²) >= 11 is 1.84. The van der Waals surface area contributed by atoms with E-state index in [0.717, 1.165) is 13.0 Å². The Labute approximate surface area is 120 Å². The van der Waals surface area contributed by atoms with Gasteiger partial charge in [-0.2, -0.15) is 0 Å². The van der Waals surface area contributed by atoms with E-state index in [2.05, 4.69) is 61.8 Å². The Kier molecular flexibility index (Phi) is 5.17. The second kappa shape index (κ2) is 6.88. The molecule has 2 aromatic rings. The van der Waals surface area contributed by atoms with Gasteiger partial charge in [-0.1, -0.05) is 36.8 Å². The number of rotatable bonds is 6. The lowest BCUT2D eigenvalue weighted by molar-refractivity contribution is 0.530. The van der Waals surface area contributed by atoms with Crippen molar-refractivity contribution in [3.05, 3.63) is 57.3 Å². The summed E-state index contributed by atoms with van der Waals surface area (Å²) in [5.41, 5.74) is 4.18. The minimum absolute atomic E-state index is 0.437. The first-order chi connectivity index (χ1) is 9.19. The van der Waals surface area contributed by atoms with Crippen LogP contribution >= 0.6 is 11.3 Å². The van der Waals surface area contributed by atoms with E-state index in [1.165, 1.54) is 28.0 Å². The van der Waals surface area contributed by atoms with Crippen LogP contribution in [-0.2, 0) is 6.42 Å². The summed E-state index contributed by atoms with van der Waals surface area (Å²) in [5.74, 6) is 0. The van der Waals surface area contributed by atoms with E-state index in [-0.39, 0.29) is 0 Å². The highest BCUT2D eigenvalue weighted by atomic mass is 32.1. The van der Waals surface area contributed by atoms with Crippen molar-refractivity contribution in [1.82, 2.24) is 5.32 Å². The first kappa shape index (κ1) is 14.3. The second-order valence-electron chi connectivity index (χ2n) is 5.19. The predicted octanol–water partition coefficient (Wildman–Crippen LogP) is 4.65. The van der Waals surface area contributed by atoms with E-state index in [1.807, 2.05) is 11.3 Å². The number of hydrogen-bond acceptors (Lipinski definition) is 2. The third-order valence-electron chi connectivity index (χ3n) is 3.32. The monoisotopic (exact) mass is 273 g/mol. The molecule has 0 aliphatic heterocycles. The van der Waals surface area contributed by atoms with E-state index in [4.69, 9.17) is 0 Å². The van der Waals surface area contributed by atoms with Gasteiger partial charge in [0.2, 0.25) is 0 Å². The summed E-state index contributed by atoms with van der Waals surface area (Å²) in [6, 6.07) is 11.6. The SMILES string of the molecule is CCCNC(Cc1cccc(C)c1)c1csc(C)c1. The van der Waals surface area contributed by atoms with Crippen LogP contribution in [0.15, 0.2) is 35.7 Å². The van der Waals surface area contributed by atoms with Gasteiger partial charge in [0.1, 0.15) is 0 Å². The van der Waals surface area contributed by atoms with E-state index in [9.17, 15) is 0 Å². The molecule has 2 heteroatoms. The molecule has 19 heavy (non-hydrogen) atoms. The standard InChI is InChI=1S/C17H23NS/c1-4-8-18-17(16-10-14(3)19-12-16)11-15-7-5-6-13(2)9-15/h5-7,9-10,12,17-18H,4,8,11H2,1-3H3. The molecule has 0 amide bonds. The molecule has 0 saturated heterocycles. The van der Waals surface area contributed by atoms with Crippen molar-refractivity contribution in [3.8, 4) is 0 Å². The van der Waals surface area contributed by atoms with Crippen molar-refractivity contribution < 1.29 is 0 Å². The summed E-state index contributed by atoms with van der Waals surface area (Å²) < 4.78 is 0. The van der Waals surface area contributed by atoms with Crippen molar-refractivity contribution in [2.45, 2.75) is 39.7 Å². The highest BCUT2D eigenvalue weighted by molar-refractivity contribution is 7.10. The summed E-state index contributed by atoms with van der Waals surface area (Å²) in [4.78, 5) is 1.39. The highest BCUT2D eigenvalue weighted by Crippen LogP contribution is 2.24. The van der Waals surface area contributed by atoms with Gasteiger partial charge in [-0.15, -0.1) is 11.3 Å². The molecule has 0 spiro atoms. The van der Waals surface area contributed by atoms with E-state index >= 15 is 0 Å². The van der Waals surface area contributed by atoms with Crippen LogP contribution in [0, 0.1) is 13.8 Å². The van der Waals surface area contributed by atoms with Crippen molar-refractivity contribution in [1.29, 1.82) is 0 Å². The lowest BCUT2D eigenvalue weighted by Gasteiger charge is -2.18. The smallest absolute Gasteiger partial charge is 0.0369 e. The van der Waals surface area contributed by atoms with Gasteiger partial charge in [0, 0.05) is 10.9 Å². The Morgan fingerprint density at radius 1 is 1.21 bits per heavy atom. The van der Waals surface area contributed by atoms with Crippen LogP contribution in [0.3, 0.4) is 0 Å². The van der Waals surface area contributed by atoms with Gasteiger partial charge in [0.25, 0.3) is 0 Å². The van der Waals surface area contributed by atoms with Crippen LogP contribution in [-0.4, -0.2) is 6.54 Å². The fourth-order valence-electron chi connectivity index (χ4n) is 2.35. The van der Waals surface area contributed by atoms with Crippen LogP contribution < -0.4 is 5.32 Å². The predicted molar refractivity (Wildman–Crippen MR) is 85.0 cm³/mol. The van der Waals surface area contributed by atoms with E-state index < -0.39 is 0 Å². The Hall–Kier alpha value is -1.12. The van der Waals surface area contributed by atoms with Crippen LogP contribution in [0.2, 0.25) is 0 Å². The molecule has 0 bridgehead atoms. The van der Waals surface area contributed by atoms with Gasteiger partial charge in [-0.25, -0.2) is 0 Å². The van der Waals surface area contributed by atoms with Crippen molar-refractivity contribution >= 4 is 11.3 Å². The first-order valence-corrected chi connectivity index (χ1v) is 7.91. The van der Waals surface area contributed by atoms with Crippen LogP contribution in [0.5, 0.6) is 0 Å². The third-order valence-corrected chi connectivity index (χ3v) is 4.20. The molecule has 1 nitrogen and oxygen atoms in total. The molecule has 0 fully saturated rings. The summed E-state index contributed by atoms with van der Waals surface area (Å²) in [7, 11) is 0. The number of aryl methyl sites for hydroxylation is 2. The van der Waals surface area contributed by atoms with Gasteiger partial charge >= 0.3 is 0 Å². The van der Waals surface area contributed by atoms with Crippen molar-refractivity contribution in [2.75, 3.05) is 6.54 Å². The maximum absolute atomic E-state index is 3.67. The molecule has 1 aromatic heterocycles. The summed E-state index contributed by atoms with van der Waals surface area (Å²) in [5, 5.41) is 5.96. The highest BCUT2D eigenvalue weighted by Gasteiger charge is 2.12. The quantitative estimate of drug-likeness (QED) is 0.808. The molecule has 1 N–H and O–H groups in total. The number of nitrogens with one attached hydrogen (secondary N) is 1. The zero-order valence-corrected chi connectivity index (χ0v) is 12.9. The molecule has 0 radical (unpaired) electrons. The van der Waals surface area contributed by atoms with Crippen LogP contribution in [0.1, 0.15) is 41.0 Å². The van der Waals surface area contributed by atoms with Gasteiger partial charge in [-0.05, 0) is 55.8 Å². The molecule has 1 atom stereocenters. The molecular formula is C17H23NS. The summed E-state index contributed by atoms with van der Waals surface area (Å²) in [6.07, 6.45) is 2.24. The molecule has 0 saturated carbocycles. The lowest BCUT2D eigenvalue weighted by atomic mass is 9.99. The first-order valence-electron chi connectivity index (χ1n) is 7.03. The Bertz CT molecular complexity index is 515. The second-order valence-corrected chi connectivity index (χ2v) is 6.31. The van der Waals surface area contributed by atoms with Gasteiger partial charge in [-0.3, -0.25) is 0 Å². The maximum atomic E-state index is 3.67. The minimum Gasteiger partial charge on any atom is -0.310 e. The lowest BCUT2D eigenvalue weighted by Crippen LogP contribution is -2.23. The Morgan fingerprint density at radius 3 is 2.68 bits per heavy atom. The Balaban J connectivity index is 2.13. The largest absolute Gasteiger partial charge is 0.310 e. The topological polar surface area (TPSA) is 12.0 Å². The van der Waals surface area contributed by atoms with E-state index in [0.29, 0.717) is 6.04 Å². The average molecular weight is 273 g/mol. The van der Waals surface area contributed by atoms with Crippen LogP contribution in [0.25, 0.3) is 0 Å². The van der Waals surface area contributed by atoms with E-state index in [1.54, 1.807) is 0 Å². The van der Waals surface area contributed by atoms with Gasteiger partial charge in [0.05, 0.1) is 0 Å². The number of hydrogen-bond donors (Lipinski definition) is 1. The normalized spacial score (nSPS) is 12.6. The molecule has 1 heterocycles. The van der Waals surface area contributed by atoms with Crippen molar-refractivity contribution in [2.24, 2.45) is 0 Å². The van der Waals surface area contributed by atoms with Crippen LogP contribution in [0.4, 0.5) is 0 Å². The molecule has 2 rings (SSSR count).